The molecule has 130 valence electrons. The average Bonchev–Trinajstić information content (AvgIpc) is 3.07. The van der Waals surface area contributed by atoms with E-state index in [1.807, 2.05) is 13.0 Å². The number of rotatable bonds is 5. The maximum Gasteiger partial charge on any atom is 0.280 e. The standard InChI is InChI=1S/C19H17N5O2/c1-2-9-21-18(25)15-7-8-17(22-11-15)24-19(26)16(12-23-24)14-5-3-13(10-20)4-6-14/h3-8,11-12,23H,2,9H2,1H3,(H,21,25). The maximum atomic E-state index is 12.6. The molecule has 0 saturated carbocycles. The van der Waals surface area contributed by atoms with Gasteiger partial charge in [-0.25, -0.2) is 9.67 Å². The first kappa shape index (κ1) is 17.2. The van der Waals surface area contributed by atoms with E-state index in [9.17, 15) is 9.59 Å². The number of nitriles is 1. The summed E-state index contributed by atoms with van der Waals surface area (Å²) in [6.07, 6.45) is 3.88. The van der Waals surface area contributed by atoms with Crippen molar-refractivity contribution in [3.63, 3.8) is 0 Å². The van der Waals surface area contributed by atoms with Crippen molar-refractivity contribution in [3.8, 4) is 23.0 Å². The van der Waals surface area contributed by atoms with Gasteiger partial charge in [-0.1, -0.05) is 19.1 Å². The highest BCUT2D eigenvalue weighted by molar-refractivity contribution is 5.93. The van der Waals surface area contributed by atoms with E-state index >= 15 is 0 Å². The van der Waals surface area contributed by atoms with Gasteiger partial charge in [0, 0.05) is 18.9 Å². The van der Waals surface area contributed by atoms with Crippen LogP contribution in [0.5, 0.6) is 0 Å². The molecule has 0 aliphatic rings. The molecule has 0 aliphatic heterocycles. The van der Waals surface area contributed by atoms with Gasteiger partial charge in [-0.15, -0.1) is 0 Å². The average molecular weight is 347 g/mol. The quantitative estimate of drug-likeness (QED) is 0.738. The monoisotopic (exact) mass is 347 g/mol. The Hall–Kier alpha value is -3.66. The number of nitrogens with zero attached hydrogens (tertiary/aromatic N) is 3. The third-order valence-electron chi connectivity index (χ3n) is 3.87. The van der Waals surface area contributed by atoms with Crippen LogP contribution in [0.3, 0.4) is 0 Å². The second-order valence-electron chi connectivity index (χ2n) is 5.68. The summed E-state index contributed by atoms with van der Waals surface area (Å²) in [6, 6.07) is 12.1. The number of nitrogens with one attached hydrogen (secondary N) is 2. The molecule has 0 bridgehead atoms. The predicted molar refractivity (Wildman–Crippen MR) is 97.0 cm³/mol. The number of pyridine rings is 1. The fraction of sp³-hybridized carbons (Fsp3) is 0.158. The molecular formula is C19H17N5O2. The Bertz CT molecular complexity index is 1010. The zero-order chi connectivity index (χ0) is 18.5. The van der Waals surface area contributed by atoms with Crippen LogP contribution in [0.1, 0.15) is 29.3 Å². The SMILES string of the molecule is CCCNC(=O)c1ccc(-n2[nH]cc(-c3ccc(C#N)cc3)c2=O)nc1. The van der Waals surface area contributed by atoms with Crippen molar-refractivity contribution in [2.45, 2.75) is 13.3 Å². The Kier molecular flexibility index (Phi) is 4.94. The Morgan fingerprint density at radius 2 is 2.04 bits per heavy atom. The molecule has 0 saturated heterocycles. The highest BCUT2D eigenvalue weighted by Crippen LogP contribution is 2.16. The van der Waals surface area contributed by atoms with Crippen LogP contribution in [0.4, 0.5) is 0 Å². The molecule has 0 spiro atoms. The molecule has 2 aromatic heterocycles. The van der Waals surface area contributed by atoms with E-state index in [1.165, 1.54) is 10.9 Å². The van der Waals surface area contributed by atoms with Crippen molar-refractivity contribution < 1.29 is 4.79 Å². The summed E-state index contributed by atoms with van der Waals surface area (Å²) in [5.41, 5.74) is 1.89. The van der Waals surface area contributed by atoms with Crippen LogP contribution in [-0.2, 0) is 0 Å². The number of aromatic amines is 1. The number of benzene rings is 1. The van der Waals surface area contributed by atoms with Crippen LogP contribution in [-0.4, -0.2) is 27.2 Å². The van der Waals surface area contributed by atoms with Crippen molar-refractivity contribution in [1.29, 1.82) is 5.26 Å². The summed E-state index contributed by atoms with van der Waals surface area (Å²) < 4.78 is 1.31. The predicted octanol–water partition coefficient (Wildman–Crippen LogP) is 2.24. The van der Waals surface area contributed by atoms with Gasteiger partial charge in [0.1, 0.15) is 0 Å². The van der Waals surface area contributed by atoms with Crippen molar-refractivity contribution in [2.24, 2.45) is 0 Å². The lowest BCUT2D eigenvalue weighted by Gasteiger charge is -2.04. The van der Waals surface area contributed by atoms with Gasteiger partial charge in [-0.3, -0.25) is 14.7 Å². The van der Waals surface area contributed by atoms with E-state index in [0.717, 1.165) is 6.42 Å². The van der Waals surface area contributed by atoms with Crippen molar-refractivity contribution in [3.05, 3.63) is 70.3 Å². The third-order valence-corrected chi connectivity index (χ3v) is 3.87. The summed E-state index contributed by atoms with van der Waals surface area (Å²) in [5.74, 6) is 0.199. The lowest BCUT2D eigenvalue weighted by atomic mass is 10.1. The number of aromatic nitrogens is 3. The van der Waals surface area contributed by atoms with Gasteiger partial charge in [0.15, 0.2) is 5.82 Å². The Morgan fingerprint density at radius 1 is 1.27 bits per heavy atom. The minimum Gasteiger partial charge on any atom is -0.352 e. The molecule has 2 heterocycles. The fourth-order valence-corrected chi connectivity index (χ4v) is 2.46. The van der Waals surface area contributed by atoms with Crippen molar-refractivity contribution >= 4 is 5.91 Å². The maximum absolute atomic E-state index is 12.6. The summed E-state index contributed by atoms with van der Waals surface area (Å²) in [5, 5.41) is 14.5. The largest absolute Gasteiger partial charge is 0.352 e. The molecular weight excluding hydrogens is 330 g/mol. The molecule has 1 aromatic carbocycles. The van der Waals surface area contributed by atoms with Gasteiger partial charge < -0.3 is 5.32 Å². The summed E-state index contributed by atoms with van der Waals surface area (Å²) in [4.78, 5) is 28.7. The Morgan fingerprint density at radius 3 is 2.65 bits per heavy atom. The summed E-state index contributed by atoms with van der Waals surface area (Å²) in [7, 11) is 0. The number of carbonyl (C=O) groups excluding carboxylic acids is 1. The van der Waals surface area contributed by atoms with Crippen LogP contribution in [0, 0.1) is 11.3 Å². The topological polar surface area (TPSA) is 104 Å². The highest BCUT2D eigenvalue weighted by atomic mass is 16.1. The van der Waals surface area contributed by atoms with Crippen molar-refractivity contribution in [1.82, 2.24) is 20.1 Å². The minimum absolute atomic E-state index is 0.192. The zero-order valence-electron chi connectivity index (χ0n) is 14.2. The van der Waals surface area contributed by atoms with Crippen LogP contribution in [0.15, 0.2) is 53.6 Å². The van der Waals surface area contributed by atoms with Gasteiger partial charge in [0.2, 0.25) is 0 Å². The smallest absolute Gasteiger partial charge is 0.280 e. The molecule has 2 N–H and O–H groups in total. The molecule has 7 heteroatoms. The minimum atomic E-state index is -0.259. The van der Waals surface area contributed by atoms with E-state index in [2.05, 4.69) is 15.4 Å². The fourth-order valence-electron chi connectivity index (χ4n) is 2.46. The number of amides is 1. The first-order chi connectivity index (χ1) is 12.6. The lowest BCUT2D eigenvalue weighted by Crippen LogP contribution is -2.24. The summed E-state index contributed by atoms with van der Waals surface area (Å²) >= 11 is 0. The normalized spacial score (nSPS) is 10.3. The van der Waals surface area contributed by atoms with Crippen LogP contribution >= 0.6 is 0 Å². The van der Waals surface area contributed by atoms with Gasteiger partial charge in [0.05, 0.1) is 22.8 Å². The molecule has 0 fully saturated rings. The number of hydrogen-bond donors (Lipinski definition) is 2. The Balaban J connectivity index is 1.86. The van der Waals surface area contributed by atoms with E-state index in [1.54, 1.807) is 42.6 Å². The molecule has 0 atom stereocenters. The molecule has 26 heavy (non-hydrogen) atoms. The first-order valence-electron chi connectivity index (χ1n) is 8.19. The molecule has 1 amide bonds. The molecule has 3 rings (SSSR count). The van der Waals surface area contributed by atoms with E-state index in [0.29, 0.717) is 34.6 Å². The Labute approximate surface area is 149 Å². The number of hydrogen-bond acceptors (Lipinski definition) is 4. The van der Waals surface area contributed by atoms with Gasteiger partial charge in [-0.05, 0) is 36.2 Å². The second kappa shape index (κ2) is 7.49. The third kappa shape index (κ3) is 3.39. The van der Waals surface area contributed by atoms with Gasteiger partial charge in [-0.2, -0.15) is 5.26 Å². The molecule has 0 unspecified atom stereocenters. The molecule has 7 nitrogen and oxygen atoms in total. The zero-order valence-corrected chi connectivity index (χ0v) is 14.2. The van der Waals surface area contributed by atoms with E-state index in [-0.39, 0.29) is 11.5 Å². The van der Waals surface area contributed by atoms with E-state index in [4.69, 9.17) is 5.26 Å². The van der Waals surface area contributed by atoms with Crippen molar-refractivity contribution in [2.75, 3.05) is 6.54 Å². The van der Waals surface area contributed by atoms with Crippen LogP contribution in [0.2, 0.25) is 0 Å². The summed E-state index contributed by atoms with van der Waals surface area (Å²) in [6.45, 7) is 2.58. The molecule has 0 radical (unpaired) electrons. The number of carbonyl (C=O) groups is 1. The first-order valence-corrected chi connectivity index (χ1v) is 8.19. The van der Waals surface area contributed by atoms with Gasteiger partial charge >= 0.3 is 0 Å². The highest BCUT2D eigenvalue weighted by Gasteiger charge is 2.12. The van der Waals surface area contributed by atoms with Gasteiger partial charge in [0.25, 0.3) is 11.5 Å². The van der Waals surface area contributed by atoms with Crippen LogP contribution < -0.4 is 10.9 Å². The van der Waals surface area contributed by atoms with E-state index < -0.39 is 0 Å². The second-order valence-corrected chi connectivity index (χ2v) is 5.68. The number of H-pyrrole nitrogens is 1. The lowest BCUT2D eigenvalue weighted by molar-refractivity contribution is 0.0953. The van der Waals surface area contributed by atoms with Crippen LogP contribution in [0.25, 0.3) is 16.9 Å². The molecule has 3 aromatic rings. The molecule has 0 aliphatic carbocycles.